The highest BCUT2D eigenvalue weighted by Crippen LogP contribution is 2.49. The Balaban J connectivity index is 1.51. The lowest BCUT2D eigenvalue weighted by Gasteiger charge is -2.20. The van der Waals surface area contributed by atoms with E-state index in [-0.39, 0.29) is 5.91 Å². The van der Waals surface area contributed by atoms with Gasteiger partial charge in [-0.2, -0.15) is 0 Å². The third kappa shape index (κ3) is 3.17. The van der Waals surface area contributed by atoms with Crippen molar-refractivity contribution in [1.82, 2.24) is 0 Å². The number of aryl methyl sites for hydroxylation is 1. The number of rotatable bonds is 5. The molecule has 1 aromatic rings. The minimum absolute atomic E-state index is 0.174. The van der Waals surface area contributed by atoms with Crippen molar-refractivity contribution in [1.29, 1.82) is 0 Å². The first-order valence-corrected chi connectivity index (χ1v) is 8.23. The van der Waals surface area contributed by atoms with E-state index < -0.39 is 0 Å². The predicted molar refractivity (Wildman–Crippen MR) is 83.1 cm³/mol. The molecule has 2 fully saturated rings. The smallest absolute Gasteiger partial charge is 0.224 e. The van der Waals surface area contributed by atoms with Gasteiger partial charge in [0.25, 0.3) is 0 Å². The van der Waals surface area contributed by atoms with Gasteiger partial charge in [-0.25, -0.2) is 0 Å². The van der Waals surface area contributed by atoms with Gasteiger partial charge in [0, 0.05) is 18.0 Å². The molecule has 3 heteroatoms. The second kappa shape index (κ2) is 6.17. The number of alkyl halides is 1. The maximum absolute atomic E-state index is 12.1. The summed E-state index contributed by atoms with van der Waals surface area (Å²) < 4.78 is 0. The number of nitrogens with one attached hydrogen (secondary N) is 1. The van der Waals surface area contributed by atoms with Gasteiger partial charge in [0.15, 0.2) is 0 Å². The van der Waals surface area contributed by atoms with Crippen LogP contribution in [0.25, 0.3) is 0 Å². The predicted octanol–water partition coefficient (Wildman–Crippen LogP) is 4.23. The summed E-state index contributed by atoms with van der Waals surface area (Å²) in [5, 5.41) is 3.03. The maximum atomic E-state index is 12.1. The summed E-state index contributed by atoms with van der Waals surface area (Å²) in [6.45, 7) is 0. The van der Waals surface area contributed by atoms with Crippen molar-refractivity contribution in [3.63, 3.8) is 0 Å². The highest BCUT2D eigenvalue weighted by atomic mass is 35.5. The van der Waals surface area contributed by atoms with Gasteiger partial charge in [-0.1, -0.05) is 18.6 Å². The van der Waals surface area contributed by atoms with E-state index in [1.807, 2.05) is 24.3 Å². The lowest BCUT2D eigenvalue weighted by Crippen LogP contribution is -2.20. The molecule has 2 saturated carbocycles. The number of hydrogen-bond acceptors (Lipinski definition) is 1. The van der Waals surface area contributed by atoms with Crippen LogP contribution in [0.3, 0.4) is 0 Å². The maximum Gasteiger partial charge on any atom is 0.224 e. The summed E-state index contributed by atoms with van der Waals surface area (Å²) in [7, 11) is 0. The fourth-order valence-electron chi connectivity index (χ4n) is 3.94. The highest BCUT2D eigenvalue weighted by molar-refractivity contribution is 6.17. The van der Waals surface area contributed by atoms with Gasteiger partial charge in [-0.05, 0) is 61.1 Å². The van der Waals surface area contributed by atoms with Crippen LogP contribution < -0.4 is 5.32 Å². The molecule has 0 heterocycles. The summed E-state index contributed by atoms with van der Waals surface area (Å²) in [6, 6.07) is 8.02. The molecule has 2 aliphatic rings. The molecule has 3 rings (SSSR count). The molecule has 1 aromatic carbocycles. The zero-order valence-electron chi connectivity index (χ0n) is 11.8. The Morgan fingerprint density at radius 3 is 2.60 bits per heavy atom. The summed E-state index contributed by atoms with van der Waals surface area (Å²) >= 11 is 5.72. The SMILES string of the molecule is O=C(CC1CC2CCC1C2)Nc1ccc(CCCl)cc1. The molecule has 2 nitrogen and oxygen atoms in total. The van der Waals surface area contributed by atoms with E-state index in [9.17, 15) is 4.79 Å². The largest absolute Gasteiger partial charge is 0.326 e. The Labute approximate surface area is 125 Å². The quantitative estimate of drug-likeness (QED) is 0.808. The molecule has 0 spiro atoms. The molecule has 108 valence electrons. The van der Waals surface area contributed by atoms with Crippen LogP contribution in [-0.4, -0.2) is 11.8 Å². The van der Waals surface area contributed by atoms with Crippen LogP contribution in [0.5, 0.6) is 0 Å². The van der Waals surface area contributed by atoms with E-state index in [1.54, 1.807) is 0 Å². The number of halogens is 1. The van der Waals surface area contributed by atoms with Crippen molar-refractivity contribution in [2.45, 2.75) is 38.5 Å². The van der Waals surface area contributed by atoms with Gasteiger partial charge in [-0.3, -0.25) is 4.79 Å². The Hall–Kier alpha value is -1.02. The number of hydrogen-bond donors (Lipinski definition) is 1. The Morgan fingerprint density at radius 2 is 2.00 bits per heavy atom. The second-order valence-electron chi connectivity index (χ2n) is 6.32. The van der Waals surface area contributed by atoms with Gasteiger partial charge >= 0.3 is 0 Å². The van der Waals surface area contributed by atoms with Gasteiger partial charge in [-0.15, -0.1) is 11.6 Å². The number of anilines is 1. The molecular formula is C17H22ClNO. The molecule has 20 heavy (non-hydrogen) atoms. The van der Waals surface area contributed by atoms with Crippen molar-refractivity contribution >= 4 is 23.2 Å². The number of carbonyl (C=O) groups excluding carboxylic acids is 1. The fraction of sp³-hybridized carbons (Fsp3) is 0.588. The van der Waals surface area contributed by atoms with Crippen LogP contribution in [0.2, 0.25) is 0 Å². The number of benzene rings is 1. The van der Waals surface area contributed by atoms with Crippen molar-refractivity contribution in [3.05, 3.63) is 29.8 Å². The van der Waals surface area contributed by atoms with Gasteiger partial charge in [0.05, 0.1) is 0 Å². The molecule has 1 N–H and O–H groups in total. The molecule has 1 amide bonds. The van der Waals surface area contributed by atoms with Crippen molar-refractivity contribution in [3.8, 4) is 0 Å². The first-order chi connectivity index (χ1) is 9.74. The average Bonchev–Trinajstić information content (AvgIpc) is 3.03. The summed E-state index contributed by atoms with van der Waals surface area (Å²) in [5.74, 6) is 3.16. The molecular weight excluding hydrogens is 270 g/mol. The monoisotopic (exact) mass is 291 g/mol. The molecule has 0 radical (unpaired) electrons. The fourth-order valence-corrected chi connectivity index (χ4v) is 4.16. The lowest BCUT2D eigenvalue weighted by molar-refractivity contribution is -0.117. The van der Waals surface area contributed by atoms with Gasteiger partial charge in [0.2, 0.25) is 5.91 Å². The number of carbonyl (C=O) groups is 1. The van der Waals surface area contributed by atoms with E-state index in [2.05, 4.69) is 5.32 Å². The van der Waals surface area contributed by atoms with E-state index >= 15 is 0 Å². The van der Waals surface area contributed by atoms with Crippen LogP contribution in [0, 0.1) is 17.8 Å². The summed E-state index contributed by atoms with van der Waals surface area (Å²) in [6.07, 6.45) is 6.95. The van der Waals surface area contributed by atoms with Crippen LogP contribution in [0.1, 0.15) is 37.7 Å². The molecule has 0 aliphatic heterocycles. The van der Waals surface area contributed by atoms with Gasteiger partial charge < -0.3 is 5.32 Å². The van der Waals surface area contributed by atoms with Gasteiger partial charge in [0.1, 0.15) is 0 Å². The summed E-state index contributed by atoms with van der Waals surface area (Å²) in [4.78, 5) is 12.1. The molecule has 3 unspecified atom stereocenters. The third-order valence-corrected chi connectivity index (χ3v) is 5.14. The van der Waals surface area contributed by atoms with Crippen molar-refractivity contribution in [2.24, 2.45) is 17.8 Å². The zero-order chi connectivity index (χ0) is 13.9. The second-order valence-corrected chi connectivity index (χ2v) is 6.70. The van der Waals surface area contributed by atoms with Crippen LogP contribution in [0.4, 0.5) is 5.69 Å². The van der Waals surface area contributed by atoms with Crippen LogP contribution in [0.15, 0.2) is 24.3 Å². The first kappa shape index (κ1) is 13.9. The van der Waals surface area contributed by atoms with E-state index in [1.165, 1.54) is 31.2 Å². The summed E-state index contributed by atoms with van der Waals surface area (Å²) in [5.41, 5.74) is 2.11. The Kier molecular flexibility index (Phi) is 4.30. The average molecular weight is 292 g/mol. The first-order valence-electron chi connectivity index (χ1n) is 7.69. The Morgan fingerprint density at radius 1 is 1.20 bits per heavy atom. The molecule has 0 saturated heterocycles. The topological polar surface area (TPSA) is 29.1 Å². The Bertz CT molecular complexity index is 470. The molecule has 2 bridgehead atoms. The number of amides is 1. The molecule has 0 aromatic heterocycles. The number of fused-ring (bicyclic) bond motifs is 2. The van der Waals surface area contributed by atoms with E-state index in [0.29, 0.717) is 18.2 Å². The van der Waals surface area contributed by atoms with E-state index in [0.717, 1.165) is 23.9 Å². The van der Waals surface area contributed by atoms with Crippen LogP contribution >= 0.6 is 11.6 Å². The van der Waals surface area contributed by atoms with Crippen LogP contribution in [-0.2, 0) is 11.2 Å². The lowest BCUT2D eigenvalue weighted by atomic mass is 9.86. The minimum Gasteiger partial charge on any atom is -0.326 e. The van der Waals surface area contributed by atoms with Crippen molar-refractivity contribution in [2.75, 3.05) is 11.2 Å². The standard InChI is InChI=1S/C17H22ClNO/c18-8-7-12-2-5-16(6-3-12)19-17(20)11-15-10-13-1-4-14(15)9-13/h2-3,5-6,13-15H,1,4,7-11H2,(H,19,20). The molecule has 2 aliphatic carbocycles. The third-order valence-electron chi connectivity index (χ3n) is 4.95. The molecule has 3 atom stereocenters. The highest BCUT2D eigenvalue weighted by Gasteiger charge is 2.40. The normalized spacial score (nSPS) is 27.8. The van der Waals surface area contributed by atoms with Crippen molar-refractivity contribution < 1.29 is 4.79 Å². The minimum atomic E-state index is 0.174. The van der Waals surface area contributed by atoms with E-state index in [4.69, 9.17) is 11.6 Å². The zero-order valence-corrected chi connectivity index (χ0v) is 12.5.